The molecule has 5 nitrogen and oxygen atoms in total. The summed E-state index contributed by atoms with van der Waals surface area (Å²) in [6.45, 7) is 3.69. The van der Waals surface area contributed by atoms with Crippen LogP contribution in [-0.4, -0.2) is 26.6 Å². The molecule has 0 saturated carbocycles. The maximum absolute atomic E-state index is 13.2. The zero-order valence-corrected chi connectivity index (χ0v) is 20.3. The Kier molecular flexibility index (Phi) is 7.55. The van der Waals surface area contributed by atoms with Crippen molar-refractivity contribution >= 4 is 44.8 Å². The van der Waals surface area contributed by atoms with Crippen molar-refractivity contribution < 1.29 is 13.2 Å². The lowest BCUT2D eigenvalue weighted by Crippen LogP contribution is -2.49. The molecule has 2 aromatic carbocycles. The largest absolute Gasteiger partial charge is 0.348 e. The molecular formula is C23H28Cl2N2O3S. The molecule has 168 valence electrons. The summed E-state index contributed by atoms with van der Waals surface area (Å²) in [5.41, 5.74) is 3.99. The van der Waals surface area contributed by atoms with Crippen LogP contribution >= 0.6 is 23.2 Å². The molecule has 2 aromatic rings. The number of fused-ring (bicyclic) bond motifs is 1. The lowest BCUT2D eigenvalue weighted by Gasteiger charge is -2.31. The van der Waals surface area contributed by atoms with Crippen LogP contribution < -0.4 is 9.62 Å². The molecule has 0 unspecified atom stereocenters. The van der Waals surface area contributed by atoms with Crippen LogP contribution in [0.15, 0.2) is 36.4 Å². The van der Waals surface area contributed by atoms with Crippen LogP contribution in [0.1, 0.15) is 55.8 Å². The summed E-state index contributed by atoms with van der Waals surface area (Å²) in [5.74, 6) is -0.366. The second-order valence-corrected chi connectivity index (χ2v) is 10.8. The molecule has 0 radical (unpaired) electrons. The Hall–Kier alpha value is -1.76. The minimum atomic E-state index is -3.77. The van der Waals surface area contributed by atoms with Crippen LogP contribution in [0.3, 0.4) is 0 Å². The highest BCUT2D eigenvalue weighted by Gasteiger charge is 2.32. The molecule has 1 amide bonds. The van der Waals surface area contributed by atoms with Crippen LogP contribution in [0.2, 0.25) is 10.0 Å². The van der Waals surface area contributed by atoms with Crippen molar-refractivity contribution in [3.63, 3.8) is 0 Å². The van der Waals surface area contributed by atoms with Gasteiger partial charge in [0.1, 0.15) is 6.04 Å². The average molecular weight is 483 g/mol. The van der Waals surface area contributed by atoms with Crippen molar-refractivity contribution in [2.45, 2.75) is 58.0 Å². The molecule has 0 aromatic heterocycles. The summed E-state index contributed by atoms with van der Waals surface area (Å²) in [6.07, 6.45) is 5.91. The second-order valence-electron chi connectivity index (χ2n) is 8.08. The van der Waals surface area contributed by atoms with Crippen molar-refractivity contribution in [1.29, 1.82) is 0 Å². The van der Waals surface area contributed by atoms with E-state index in [1.54, 1.807) is 6.92 Å². The molecule has 31 heavy (non-hydrogen) atoms. The summed E-state index contributed by atoms with van der Waals surface area (Å²) in [6, 6.07) is 9.68. The molecule has 1 N–H and O–H groups in total. The minimum absolute atomic E-state index is 0.252. The number of benzene rings is 2. The van der Waals surface area contributed by atoms with Gasteiger partial charge in [0.05, 0.1) is 18.0 Å². The van der Waals surface area contributed by atoms with Gasteiger partial charge in [-0.05, 0) is 73.9 Å². The van der Waals surface area contributed by atoms with E-state index < -0.39 is 16.1 Å². The van der Waals surface area contributed by atoms with Crippen molar-refractivity contribution in [3.8, 4) is 0 Å². The summed E-state index contributed by atoms with van der Waals surface area (Å²) >= 11 is 12.2. The molecule has 1 aliphatic carbocycles. The van der Waals surface area contributed by atoms with Crippen molar-refractivity contribution in [1.82, 2.24) is 5.32 Å². The summed E-state index contributed by atoms with van der Waals surface area (Å²) in [5, 5.41) is 3.59. The molecule has 0 fully saturated rings. The standard InChI is InChI=1S/C23H28Cl2N2O3S/c1-4-22(27(31(3,29)30)21-13-19(24)12-20(25)14-21)23(28)26-15(2)17-10-9-16-7-5-6-8-18(16)11-17/h9-15,22H,4-8H2,1-3H3,(H,26,28)/t15-,22+/m0/s1. The van der Waals surface area contributed by atoms with E-state index in [4.69, 9.17) is 23.2 Å². The maximum atomic E-state index is 13.2. The fraction of sp³-hybridized carbons (Fsp3) is 0.435. The van der Waals surface area contributed by atoms with E-state index in [9.17, 15) is 13.2 Å². The van der Waals surface area contributed by atoms with Gasteiger partial charge >= 0.3 is 0 Å². The first-order chi connectivity index (χ1) is 14.6. The Morgan fingerprint density at radius 3 is 2.26 bits per heavy atom. The van der Waals surface area contributed by atoms with Crippen LogP contribution in [0.5, 0.6) is 0 Å². The van der Waals surface area contributed by atoms with Gasteiger partial charge in [-0.3, -0.25) is 9.10 Å². The lowest BCUT2D eigenvalue weighted by atomic mass is 9.89. The monoisotopic (exact) mass is 482 g/mol. The van der Waals surface area contributed by atoms with Gasteiger partial charge in [-0.1, -0.05) is 48.3 Å². The predicted octanol–water partition coefficient (Wildman–Crippen LogP) is 5.29. The van der Waals surface area contributed by atoms with E-state index in [0.717, 1.165) is 29.0 Å². The van der Waals surface area contributed by atoms with E-state index in [1.807, 2.05) is 13.0 Å². The van der Waals surface area contributed by atoms with E-state index in [1.165, 1.54) is 42.2 Å². The van der Waals surface area contributed by atoms with Crippen LogP contribution in [0.25, 0.3) is 0 Å². The van der Waals surface area contributed by atoms with Crippen LogP contribution in [0.4, 0.5) is 5.69 Å². The van der Waals surface area contributed by atoms with E-state index in [0.29, 0.717) is 16.5 Å². The highest BCUT2D eigenvalue weighted by Crippen LogP contribution is 2.30. The number of amides is 1. The molecule has 0 heterocycles. The molecule has 0 saturated heterocycles. The first-order valence-electron chi connectivity index (χ1n) is 10.5. The van der Waals surface area contributed by atoms with Crippen molar-refractivity contribution in [3.05, 3.63) is 63.1 Å². The third-order valence-corrected chi connectivity index (χ3v) is 7.28. The van der Waals surface area contributed by atoms with Crippen molar-refractivity contribution in [2.24, 2.45) is 0 Å². The molecule has 0 bridgehead atoms. The molecule has 8 heteroatoms. The van der Waals surface area contributed by atoms with Gasteiger partial charge in [-0.25, -0.2) is 8.42 Å². The zero-order valence-electron chi connectivity index (χ0n) is 18.0. The Balaban J connectivity index is 1.86. The van der Waals surface area contributed by atoms with Gasteiger partial charge in [0.15, 0.2) is 0 Å². The number of rotatable bonds is 7. The van der Waals surface area contributed by atoms with Gasteiger partial charge < -0.3 is 5.32 Å². The maximum Gasteiger partial charge on any atom is 0.244 e. The number of nitrogens with zero attached hydrogens (tertiary/aromatic N) is 1. The quantitative estimate of drug-likeness (QED) is 0.582. The zero-order chi connectivity index (χ0) is 22.8. The van der Waals surface area contributed by atoms with E-state index >= 15 is 0 Å². The molecule has 1 aliphatic rings. The van der Waals surface area contributed by atoms with E-state index in [-0.39, 0.29) is 17.6 Å². The third kappa shape index (κ3) is 5.73. The third-order valence-electron chi connectivity index (χ3n) is 5.66. The fourth-order valence-corrected chi connectivity index (χ4v) is 5.85. The number of carbonyl (C=O) groups excluding carboxylic acids is 1. The van der Waals surface area contributed by atoms with Gasteiger partial charge in [0.25, 0.3) is 0 Å². The Bertz CT molecular complexity index is 1050. The molecule has 3 rings (SSSR count). The number of hydrogen-bond donors (Lipinski definition) is 1. The average Bonchev–Trinajstić information content (AvgIpc) is 2.69. The SMILES string of the molecule is CC[C@H](C(=O)N[C@@H](C)c1ccc2c(c1)CCCC2)N(c1cc(Cl)cc(Cl)c1)S(C)(=O)=O. The number of carbonyl (C=O) groups is 1. The Morgan fingerprint density at radius 2 is 1.68 bits per heavy atom. The van der Waals surface area contributed by atoms with Gasteiger partial charge in [0.2, 0.25) is 15.9 Å². The number of nitrogens with one attached hydrogen (secondary N) is 1. The van der Waals surface area contributed by atoms with E-state index in [2.05, 4.69) is 17.4 Å². The first-order valence-corrected chi connectivity index (χ1v) is 13.1. The summed E-state index contributed by atoms with van der Waals surface area (Å²) in [4.78, 5) is 13.2. The van der Waals surface area contributed by atoms with Crippen molar-refractivity contribution in [2.75, 3.05) is 10.6 Å². The number of hydrogen-bond acceptors (Lipinski definition) is 3. The Morgan fingerprint density at radius 1 is 1.06 bits per heavy atom. The minimum Gasteiger partial charge on any atom is -0.348 e. The number of halogens is 2. The highest BCUT2D eigenvalue weighted by atomic mass is 35.5. The molecule has 0 spiro atoms. The first kappa shape index (κ1) is 23.9. The summed E-state index contributed by atoms with van der Waals surface area (Å²) in [7, 11) is -3.77. The topological polar surface area (TPSA) is 66.5 Å². The smallest absolute Gasteiger partial charge is 0.244 e. The lowest BCUT2D eigenvalue weighted by molar-refractivity contribution is -0.122. The highest BCUT2D eigenvalue weighted by molar-refractivity contribution is 7.92. The van der Waals surface area contributed by atoms with Crippen LogP contribution in [-0.2, 0) is 27.7 Å². The molecule has 0 aliphatic heterocycles. The number of aryl methyl sites for hydroxylation is 2. The summed E-state index contributed by atoms with van der Waals surface area (Å²) < 4.78 is 26.4. The number of sulfonamides is 1. The second kappa shape index (κ2) is 9.80. The molecule has 2 atom stereocenters. The molecular weight excluding hydrogens is 455 g/mol. The fourth-order valence-electron chi connectivity index (χ4n) is 4.14. The van der Waals surface area contributed by atoms with Gasteiger partial charge in [0, 0.05) is 10.0 Å². The Labute approximate surface area is 194 Å². The van der Waals surface area contributed by atoms with Gasteiger partial charge in [-0.15, -0.1) is 0 Å². The predicted molar refractivity (Wildman–Crippen MR) is 128 cm³/mol. The van der Waals surface area contributed by atoms with Crippen LogP contribution in [0, 0.1) is 0 Å². The number of anilines is 1. The van der Waals surface area contributed by atoms with Gasteiger partial charge in [-0.2, -0.15) is 0 Å². The normalized spacial score (nSPS) is 15.6.